The molecule has 1 N–H and O–H groups in total. The van der Waals surface area contributed by atoms with Crippen molar-refractivity contribution in [3.8, 4) is 5.75 Å². The van der Waals surface area contributed by atoms with Crippen molar-refractivity contribution in [1.29, 1.82) is 0 Å². The zero-order valence-corrected chi connectivity index (χ0v) is 18.1. The summed E-state index contributed by atoms with van der Waals surface area (Å²) < 4.78 is 10.8. The number of nitrogens with one attached hydrogen (secondary N) is 1. The lowest BCUT2D eigenvalue weighted by Crippen LogP contribution is -2.34. The summed E-state index contributed by atoms with van der Waals surface area (Å²) >= 11 is 2.45. The van der Waals surface area contributed by atoms with Gasteiger partial charge in [0.25, 0.3) is 0 Å². The number of carbonyl (C=O) groups is 3. The van der Waals surface area contributed by atoms with Crippen LogP contribution in [0.3, 0.4) is 0 Å². The first-order valence-electron chi connectivity index (χ1n) is 8.55. The Morgan fingerprint density at radius 1 is 1.00 bits per heavy atom. The number of thioether (sulfide) groups is 2. The second kappa shape index (κ2) is 11.2. The van der Waals surface area contributed by atoms with Crippen LogP contribution in [0.4, 0.5) is 4.79 Å². The third kappa shape index (κ3) is 10.9. The molecule has 0 saturated heterocycles. The highest BCUT2D eigenvalue weighted by Gasteiger charge is 2.15. The lowest BCUT2D eigenvalue weighted by atomic mass is 10.1. The third-order valence-corrected chi connectivity index (χ3v) is 4.80. The van der Waals surface area contributed by atoms with Gasteiger partial charge in [-0.2, -0.15) is 0 Å². The maximum Gasteiger partial charge on any atom is 0.407 e. The van der Waals surface area contributed by atoms with Crippen LogP contribution < -0.4 is 10.1 Å². The smallest absolute Gasteiger partial charge is 0.407 e. The monoisotopic (exact) mass is 413 g/mol. The summed E-state index contributed by atoms with van der Waals surface area (Å²) in [5, 5.41) is 2.72. The van der Waals surface area contributed by atoms with Crippen LogP contribution in [0.2, 0.25) is 0 Å². The fraction of sp³-hybridized carbons (Fsp3) is 0.526. The Morgan fingerprint density at radius 2 is 1.59 bits per heavy atom. The van der Waals surface area contributed by atoms with Crippen molar-refractivity contribution in [2.75, 3.05) is 13.2 Å². The number of amides is 1. The standard InChI is InChI=1S/C19H27NO5S2/c1-13(21)26-11-15-6-7-17(10-16(15)12-27-14(2)22)24-9-8-20-18(23)25-19(3,4)5/h6-7,10H,8-9,11-12H2,1-5H3,(H,20,23). The average Bonchev–Trinajstić information content (AvgIpc) is 2.54. The van der Waals surface area contributed by atoms with E-state index in [1.54, 1.807) is 20.8 Å². The number of rotatable bonds is 8. The summed E-state index contributed by atoms with van der Waals surface area (Å²) in [5.74, 6) is 1.73. The number of benzene rings is 1. The van der Waals surface area contributed by atoms with Crippen LogP contribution in [-0.2, 0) is 25.8 Å². The van der Waals surface area contributed by atoms with Crippen molar-refractivity contribution in [2.24, 2.45) is 0 Å². The molecule has 0 spiro atoms. The van der Waals surface area contributed by atoms with Gasteiger partial charge in [-0.1, -0.05) is 29.6 Å². The minimum absolute atomic E-state index is 0.0352. The van der Waals surface area contributed by atoms with Crippen LogP contribution >= 0.6 is 23.5 Å². The Labute approximate surface area is 169 Å². The molecule has 6 nitrogen and oxygen atoms in total. The normalized spacial score (nSPS) is 11.0. The van der Waals surface area contributed by atoms with Gasteiger partial charge < -0.3 is 14.8 Å². The second-order valence-corrected chi connectivity index (χ2v) is 9.07. The van der Waals surface area contributed by atoms with Gasteiger partial charge in [0.15, 0.2) is 10.2 Å². The fourth-order valence-electron chi connectivity index (χ4n) is 1.96. The van der Waals surface area contributed by atoms with Crippen LogP contribution in [0.25, 0.3) is 0 Å². The average molecular weight is 414 g/mol. The molecule has 27 heavy (non-hydrogen) atoms. The Bertz CT molecular complexity index is 671. The maximum atomic E-state index is 11.6. The number of hydrogen-bond acceptors (Lipinski definition) is 7. The largest absolute Gasteiger partial charge is 0.492 e. The van der Waals surface area contributed by atoms with Gasteiger partial charge in [0.1, 0.15) is 18.0 Å². The van der Waals surface area contributed by atoms with E-state index in [9.17, 15) is 14.4 Å². The zero-order valence-electron chi connectivity index (χ0n) is 16.4. The van der Waals surface area contributed by atoms with E-state index in [0.717, 1.165) is 11.1 Å². The van der Waals surface area contributed by atoms with Crippen LogP contribution in [0, 0.1) is 0 Å². The molecule has 0 fully saturated rings. The van der Waals surface area contributed by atoms with Gasteiger partial charge in [0.05, 0.1) is 6.54 Å². The molecule has 0 aliphatic rings. The Kier molecular flexibility index (Phi) is 9.73. The van der Waals surface area contributed by atoms with E-state index < -0.39 is 11.7 Å². The lowest BCUT2D eigenvalue weighted by Gasteiger charge is -2.19. The Balaban J connectivity index is 2.61. The topological polar surface area (TPSA) is 81.7 Å². The molecule has 8 heteroatoms. The minimum atomic E-state index is -0.540. The molecule has 1 aromatic carbocycles. The lowest BCUT2D eigenvalue weighted by molar-refractivity contribution is -0.109. The molecule has 0 aliphatic carbocycles. The summed E-state index contributed by atoms with van der Waals surface area (Å²) in [7, 11) is 0. The van der Waals surface area contributed by atoms with Gasteiger partial charge in [0, 0.05) is 25.4 Å². The number of alkyl carbamates (subject to hydrolysis) is 1. The quantitative estimate of drug-likeness (QED) is 0.641. The molecule has 1 aromatic rings. The van der Waals surface area contributed by atoms with E-state index >= 15 is 0 Å². The van der Waals surface area contributed by atoms with Gasteiger partial charge in [-0.15, -0.1) is 0 Å². The Morgan fingerprint density at radius 3 is 2.15 bits per heavy atom. The minimum Gasteiger partial charge on any atom is -0.492 e. The first-order chi connectivity index (χ1) is 12.6. The molecular formula is C19H27NO5S2. The van der Waals surface area contributed by atoms with Gasteiger partial charge in [-0.3, -0.25) is 9.59 Å². The maximum absolute atomic E-state index is 11.6. The predicted octanol–water partition coefficient (Wildman–Crippen LogP) is 4.15. The summed E-state index contributed by atoms with van der Waals surface area (Å²) in [4.78, 5) is 34.1. The molecule has 0 aliphatic heterocycles. The second-order valence-electron chi connectivity index (χ2n) is 6.77. The third-order valence-electron chi connectivity index (χ3n) is 3.08. The van der Waals surface area contributed by atoms with Crippen molar-refractivity contribution in [1.82, 2.24) is 5.32 Å². The van der Waals surface area contributed by atoms with Gasteiger partial charge in [-0.25, -0.2) is 4.79 Å². The first kappa shape index (κ1) is 23.4. The number of hydrogen-bond donors (Lipinski definition) is 1. The van der Waals surface area contributed by atoms with E-state index in [4.69, 9.17) is 9.47 Å². The first-order valence-corrected chi connectivity index (χ1v) is 10.5. The van der Waals surface area contributed by atoms with Crippen molar-refractivity contribution in [3.05, 3.63) is 29.3 Å². The summed E-state index contributed by atoms with van der Waals surface area (Å²) in [6.45, 7) is 9.07. The highest BCUT2D eigenvalue weighted by atomic mass is 32.2. The fourth-order valence-corrected chi connectivity index (χ4v) is 3.23. The molecule has 1 rings (SSSR count). The van der Waals surface area contributed by atoms with Gasteiger partial charge >= 0.3 is 6.09 Å². The summed E-state index contributed by atoms with van der Waals surface area (Å²) in [5.41, 5.74) is 1.42. The molecule has 0 heterocycles. The SMILES string of the molecule is CC(=O)SCc1ccc(OCCNC(=O)OC(C)(C)C)cc1CSC(C)=O. The summed E-state index contributed by atoms with van der Waals surface area (Å²) in [6, 6.07) is 5.60. The molecular weight excluding hydrogens is 386 g/mol. The predicted molar refractivity (Wildman–Crippen MR) is 110 cm³/mol. The van der Waals surface area contributed by atoms with Gasteiger partial charge in [0.2, 0.25) is 0 Å². The Hall–Kier alpha value is -1.67. The van der Waals surface area contributed by atoms with E-state index in [-0.39, 0.29) is 10.2 Å². The molecule has 1 amide bonds. The van der Waals surface area contributed by atoms with E-state index in [1.807, 2.05) is 18.2 Å². The molecule has 0 radical (unpaired) electrons. The van der Waals surface area contributed by atoms with Crippen molar-refractivity contribution in [2.45, 2.75) is 51.7 Å². The molecule has 0 aromatic heterocycles. The summed E-state index contributed by atoms with van der Waals surface area (Å²) in [6.07, 6.45) is -0.485. The van der Waals surface area contributed by atoms with Crippen molar-refractivity contribution >= 4 is 39.8 Å². The zero-order chi connectivity index (χ0) is 20.4. The van der Waals surface area contributed by atoms with E-state index in [1.165, 1.54) is 37.4 Å². The molecule has 0 bridgehead atoms. The molecule has 0 atom stereocenters. The van der Waals surface area contributed by atoms with E-state index in [2.05, 4.69) is 5.32 Å². The van der Waals surface area contributed by atoms with Crippen LogP contribution in [-0.4, -0.2) is 35.1 Å². The molecule has 150 valence electrons. The molecule has 0 saturated carbocycles. The van der Waals surface area contributed by atoms with Crippen molar-refractivity contribution in [3.63, 3.8) is 0 Å². The van der Waals surface area contributed by atoms with Crippen LogP contribution in [0.1, 0.15) is 45.7 Å². The van der Waals surface area contributed by atoms with Crippen LogP contribution in [0.5, 0.6) is 5.75 Å². The number of ether oxygens (including phenoxy) is 2. The van der Waals surface area contributed by atoms with Gasteiger partial charge in [-0.05, 0) is 44.0 Å². The van der Waals surface area contributed by atoms with Crippen LogP contribution in [0.15, 0.2) is 18.2 Å². The molecule has 0 unspecified atom stereocenters. The van der Waals surface area contributed by atoms with E-state index in [0.29, 0.717) is 30.4 Å². The van der Waals surface area contributed by atoms with Crippen molar-refractivity contribution < 1.29 is 23.9 Å². The number of carbonyl (C=O) groups excluding carboxylic acids is 3. The highest BCUT2D eigenvalue weighted by Crippen LogP contribution is 2.26. The highest BCUT2D eigenvalue weighted by molar-refractivity contribution is 8.13.